The van der Waals surface area contributed by atoms with Gasteiger partial charge in [0.15, 0.2) is 0 Å². The van der Waals surface area contributed by atoms with E-state index in [1.165, 1.54) is 49.8 Å². The van der Waals surface area contributed by atoms with Gasteiger partial charge in [-0.15, -0.1) is 0 Å². The number of unbranched alkanes of at least 4 members (excludes halogenated alkanes) is 5. The largest absolute Gasteiger partial charge is 0.157 e. The highest BCUT2D eigenvalue weighted by molar-refractivity contribution is 9.08. The summed E-state index contributed by atoms with van der Waals surface area (Å²) in [5.74, 6) is 3.50. The van der Waals surface area contributed by atoms with Gasteiger partial charge in [-0.3, -0.25) is 0 Å². The van der Waals surface area contributed by atoms with Gasteiger partial charge in [0.1, 0.15) is 0 Å². The molecule has 3 aromatic rings. The molecule has 0 N–H and O–H groups in total. The van der Waals surface area contributed by atoms with Crippen molar-refractivity contribution in [3.8, 4) is 0 Å². The van der Waals surface area contributed by atoms with Crippen LogP contribution in [-0.2, 0) is 16.5 Å². The van der Waals surface area contributed by atoms with E-state index in [2.05, 4.69) is 95.3 Å². The van der Waals surface area contributed by atoms with Crippen LogP contribution < -0.4 is 0 Å². The summed E-state index contributed by atoms with van der Waals surface area (Å²) in [6, 6.07) is 23.4. The third-order valence-electron chi connectivity index (χ3n) is 8.43. The predicted molar refractivity (Wildman–Crippen MR) is 146 cm³/mol. The van der Waals surface area contributed by atoms with Crippen molar-refractivity contribution in [2.45, 2.75) is 73.8 Å². The summed E-state index contributed by atoms with van der Waals surface area (Å²) in [6.45, 7) is 2.30. The second-order valence-corrected chi connectivity index (χ2v) is 11.7. The fourth-order valence-electron chi connectivity index (χ4n) is 7.10. The number of thioether (sulfide) groups is 1. The monoisotopic (exact) mass is 516 g/mol. The molecule has 0 saturated heterocycles. The minimum absolute atomic E-state index is 0.187. The van der Waals surface area contributed by atoms with Crippen molar-refractivity contribution in [2.24, 2.45) is 0 Å². The number of fused-ring (bicyclic) bond motifs is 7. The minimum atomic E-state index is 0.187. The van der Waals surface area contributed by atoms with E-state index in [0.29, 0.717) is 11.8 Å². The summed E-state index contributed by atoms with van der Waals surface area (Å²) in [5.41, 5.74) is 12.9. The molecule has 3 aliphatic carbocycles. The van der Waals surface area contributed by atoms with Gasteiger partial charge in [-0.2, -0.15) is 11.8 Å². The summed E-state index contributed by atoms with van der Waals surface area (Å²) < 4.78 is 0. The summed E-state index contributed by atoms with van der Waals surface area (Å²) in [4.78, 5) is 0. The maximum atomic E-state index is 3.83. The first kappa shape index (κ1) is 22.0. The van der Waals surface area contributed by atoms with Gasteiger partial charge in [-0.05, 0) is 56.7 Å². The molecule has 0 amide bonds. The van der Waals surface area contributed by atoms with E-state index in [4.69, 9.17) is 0 Å². The van der Waals surface area contributed by atoms with E-state index in [-0.39, 0.29) is 5.41 Å². The molecule has 3 aliphatic rings. The lowest BCUT2D eigenvalue weighted by Gasteiger charge is -2.58. The van der Waals surface area contributed by atoms with E-state index in [9.17, 15) is 0 Å². The first-order chi connectivity index (χ1) is 16.3. The lowest BCUT2D eigenvalue weighted by molar-refractivity contribution is 0.332. The maximum absolute atomic E-state index is 3.83. The fraction of sp³-hybridized carbons (Fsp3) is 0.419. The van der Waals surface area contributed by atoms with Gasteiger partial charge < -0.3 is 0 Å². The molecule has 0 saturated carbocycles. The topological polar surface area (TPSA) is 0 Å². The second kappa shape index (κ2) is 8.93. The van der Waals surface area contributed by atoms with E-state index < -0.39 is 0 Å². The smallest absolute Gasteiger partial charge is 0.0427 e. The molecule has 0 bridgehead atoms. The third kappa shape index (κ3) is 3.09. The zero-order valence-corrected chi connectivity index (χ0v) is 22.0. The van der Waals surface area contributed by atoms with Gasteiger partial charge in [0.25, 0.3) is 0 Å². The Morgan fingerprint density at radius 1 is 0.727 bits per heavy atom. The molecule has 3 aromatic carbocycles. The van der Waals surface area contributed by atoms with E-state index in [1.54, 1.807) is 38.9 Å². The van der Waals surface area contributed by atoms with Crippen LogP contribution in [0.5, 0.6) is 0 Å². The first-order valence-corrected chi connectivity index (χ1v) is 15.1. The Kier molecular flexibility index (Phi) is 5.95. The molecular formula is C31H33BrS. The molecule has 170 valence electrons. The molecule has 0 radical (unpaired) electrons. The number of rotatable bonds is 10. The van der Waals surface area contributed by atoms with Crippen molar-refractivity contribution in [3.05, 3.63) is 105 Å². The van der Waals surface area contributed by atoms with Crippen molar-refractivity contribution in [1.29, 1.82) is 0 Å². The van der Waals surface area contributed by atoms with Crippen molar-refractivity contribution < 1.29 is 0 Å². The van der Waals surface area contributed by atoms with Crippen molar-refractivity contribution >= 4 is 27.7 Å². The Bertz CT molecular complexity index is 1180. The molecule has 0 heterocycles. The van der Waals surface area contributed by atoms with Gasteiger partial charge in [0, 0.05) is 28.3 Å². The Morgan fingerprint density at radius 3 is 1.97 bits per heavy atom. The summed E-state index contributed by atoms with van der Waals surface area (Å²) in [6.07, 6.45) is 8.30. The minimum Gasteiger partial charge on any atom is -0.157 e. The van der Waals surface area contributed by atoms with Crippen LogP contribution >= 0.6 is 27.7 Å². The summed E-state index contributed by atoms with van der Waals surface area (Å²) >= 11 is 5.98. The molecule has 0 aliphatic heterocycles. The molecule has 6 rings (SSSR count). The van der Waals surface area contributed by atoms with E-state index in [0.717, 1.165) is 11.1 Å². The first-order valence-electron chi connectivity index (χ1n) is 12.8. The lowest BCUT2D eigenvalue weighted by Crippen LogP contribution is -2.52. The maximum Gasteiger partial charge on any atom is 0.0427 e. The van der Waals surface area contributed by atoms with Crippen LogP contribution in [0.3, 0.4) is 0 Å². The number of alkyl halides is 1. The van der Waals surface area contributed by atoms with Crippen molar-refractivity contribution in [2.75, 3.05) is 5.75 Å². The second-order valence-electron chi connectivity index (χ2n) is 10.1. The third-order valence-corrected chi connectivity index (χ3v) is 10.1. The average Bonchev–Trinajstić information content (AvgIpc) is 3.06. The van der Waals surface area contributed by atoms with Crippen molar-refractivity contribution in [3.63, 3.8) is 0 Å². The zero-order chi connectivity index (χ0) is 22.4. The number of hydrogen-bond acceptors (Lipinski definition) is 1. The molecular weight excluding hydrogens is 484 g/mol. The quantitative estimate of drug-likeness (QED) is 0.191. The predicted octanol–water partition coefficient (Wildman–Crippen LogP) is 9.07. The molecule has 1 spiro atoms. The Hall–Kier alpha value is -1.51. The van der Waals surface area contributed by atoms with Crippen LogP contribution in [0.25, 0.3) is 0 Å². The van der Waals surface area contributed by atoms with Gasteiger partial charge in [0.05, 0.1) is 0 Å². The van der Waals surface area contributed by atoms with Crippen LogP contribution in [0.15, 0.2) is 60.7 Å². The van der Waals surface area contributed by atoms with Crippen LogP contribution in [0.4, 0.5) is 0 Å². The highest BCUT2D eigenvalue weighted by Crippen LogP contribution is 2.77. The lowest BCUT2D eigenvalue weighted by atomic mass is 9.43. The Labute approximate surface area is 211 Å². The highest BCUT2D eigenvalue weighted by Gasteiger charge is 2.69. The molecule has 0 aromatic heterocycles. The number of halogens is 1. The van der Waals surface area contributed by atoms with Crippen LogP contribution in [-0.4, -0.2) is 5.75 Å². The van der Waals surface area contributed by atoms with E-state index >= 15 is 0 Å². The number of hydrogen-bond donors (Lipinski definition) is 0. The highest BCUT2D eigenvalue weighted by atomic mass is 79.9. The average molecular weight is 518 g/mol. The van der Waals surface area contributed by atoms with Crippen LogP contribution in [0, 0.1) is 0 Å². The van der Waals surface area contributed by atoms with Gasteiger partial charge >= 0.3 is 0 Å². The van der Waals surface area contributed by atoms with Gasteiger partial charge in [-0.1, -0.05) is 116 Å². The number of benzene rings is 3. The van der Waals surface area contributed by atoms with E-state index in [1.807, 2.05) is 0 Å². The Morgan fingerprint density at radius 2 is 1.30 bits per heavy atom. The summed E-state index contributed by atoms with van der Waals surface area (Å²) in [7, 11) is 0. The molecule has 3 unspecified atom stereocenters. The standard InChI is InChI=1S/C31H33BrS/c1-2-3-4-5-6-11-18-33-20-22-17-16-21(19-32)27-28(22)30-24-13-8-10-15-26(24)31(30)25-14-9-7-12-23(25)29(27)31/h7-10,12-17,29-30H,2-6,11,18-20H2,1H3. The molecule has 0 fully saturated rings. The molecule has 2 heteroatoms. The van der Waals surface area contributed by atoms with Crippen LogP contribution in [0.2, 0.25) is 0 Å². The molecule has 0 nitrogen and oxygen atoms in total. The molecule has 3 atom stereocenters. The summed E-state index contributed by atoms with van der Waals surface area (Å²) in [5, 5.41) is 0.943. The van der Waals surface area contributed by atoms with Gasteiger partial charge in [-0.25, -0.2) is 0 Å². The SMILES string of the molecule is CCCCCCCCSCc1ccc(CBr)c2c1C1c3ccccc3C13c1ccccc1C23. The normalized spacial score (nSPS) is 23.0. The molecule has 33 heavy (non-hydrogen) atoms. The van der Waals surface area contributed by atoms with Crippen LogP contribution in [0.1, 0.15) is 102 Å². The van der Waals surface area contributed by atoms with Crippen molar-refractivity contribution in [1.82, 2.24) is 0 Å². The fourth-order valence-corrected chi connectivity index (χ4v) is 8.62. The Balaban J connectivity index is 1.32. The van der Waals surface area contributed by atoms with Gasteiger partial charge in [0.2, 0.25) is 0 Å². The zero-order valence-electron chi connectivity index (χ0n) is 19.6.